The molecule has 0 bridgehead atoms. The molecule has 0 saturated carbocycles. The Morgan fingerprint density at radius 1 is 1.26 bits per heavy atom. The molecule has 23 heavy (non-hydrogen) atoms. The topological polar surface area (TPSA) is 91.2 Å². The molecule has 3 N–H and O–H groups in total. The van der Waals surface area contributed by atoms with Crippen LogP contribution in [0.25, 0.3) is 0 Å². The summed E-state index contributed by atoms with van der Waals surface area (Å²) < 4.78 is 5.26. The third-order valence-corrected chi connectivity index (χ3v) is 3.07. The normalized spacial score (nSPS) is 12.1. The van der Waals surface area contributed by atoms with E-state index < -0.39 is 12.0 Å². The number of aliphatic hydroxyl groups excluding tert-OH is 1. The molecule has 0 saturated heterocycles. The summed E-state index contributed by atoms with van der Waals surface area (Å²) in [5.41, 5.74) is 3.10. The number of hydrogen-bond acceptors (Lipinski definition) is 5. The van der Waals surface area contributed by atoms with Gasteiger partial charge < -0.3 is 14.9 Å². The Kier molecular flexibility index (Phi) is 5.71. The second-order valence-corrected chi connectivity index (χ2v) is 4.67. The molecule has 6 nitrogen and oxygen atoms in total. The standard InChI is InChI=1S/C17H18N2O4/c1-2-23-14-10-6-9-13(15(14)20)11-18-19-17(22)16(21)12-7-4-3-5-8-12/h3-11,16,20-21H,2H2,1H3,(H,19,22)/b18-11-/t16-/m0/s1. The van der Waals surface area contributed by atoms with Crippen molar-refractivity contribution in [3.8, 4) is 11.5 Å². The van der Waals surface area contributed by atoms with Crippen LogP contribution >= 0.6 is 0 Å². The van der Waals surface area contributed by atoms with Gasteiger partial charge in [0, 0.05) is 5.56 Å². The van der Waals surface area contributed by atoms with Crippen LogP contribution in [0.2, 0.25) is 0 Å². The van der Waals surface area contributed by atoms with Gasteiger partial charge in [-0.15, -0.1) is 0 Å². The Labute approximate surface area is 134 Å². The SMILES string of the molecule is CCOc1cccc(/C=N\NC(=O)[C@@H](O)c2ccccc2)c1O. The highest BCUT2D eigenvalue weighted by Gasteiger charge is 2.16. The van der Waals surface area contributed by atoms with E-state index in [1.807, 2.05) is 6.92 Å². The van der Waals surface area contributed by atoms with Gasteiger partial charge in [0.2, 0.25) is 0 Å². The number of para-hydroxylation sites is 1. The fourth-order valence-electron chi connectivity index (χ4n) is 1.93. The van der Waals surface area contributed by atoms with Crippen LogP contribution in [0.5, 0.6) is 11.5 Å². The van der Waals surface area contributed by atoms with E-state index in [1.54, 1.807) is 48.5 Å². The minimum atomic E-state index is -1.31. The van der Waals surface area contributed by atoms with E-state index in [0.29, 0.717) is 23.5 Å². The molecule has 0 aliphatic heterocycles. The van der Waals surface area contributed by atoms with Crippen molar-refractivity contribution in [1.29, 1.82) is 0 Å². The van der Waals surface area contributed by atoms with Crippen molar-refractivity contribution < 1.29 is 19.7 Å². The monoisotopic (exact) mass is 314 g/mol. The van der Waals surface area contributed by atoms with Gasteiger partial charge in [-0.1, -0.05) is 36.4 Å². The minimum Gasteiger partial charge on any atom is -0.504 e. The van der Waals surface area contributed by atoms with Crippen molar-refractivity contribution in [3.63, 3.8) is 0 Å². The van der Waals surface area contributed by atoms with E-state index in [2.05, 4.69) is 10.5 Å². The molecular weight excluding hydrogens is 296 g/mol. The zero-order valence-corrected chi connectivity index (χ0v) is 12.6. The van der Waals surface area contributed by atoms with Crippen molar-refractivity contribution in [3.05, 3.63) is 59.7 Å². The number of hydrogen-bond donors (Lipinski definition) is 3. The van der Waals surface area contributed by atoms with E-state index in [9.17, 15) is 15.0 Å². The summed E-state index contributed by atoms with van der Waals surface area (Å²) >= 11 is 0. The number of nitrogens with one attached hydrogen (secondary N) is 1. The Morgan fingerprint density at radius 2 is 2.00 bits per heavy atom. The molecule has 0 aliphatic rings. The summed E-state index contributed by atoms with van der Waals surface area (Å²) in [7, 11) is 0. The second kappa shape index (κ2) is 7.95. The maximum Gasteiger partial charge on any atom is 0.273 e. The van der Waals surface area contributed by atoms with Crippen molar-refractivity contribution in [1.82, 2.24) is 5.43 Å². The second-order valence-electron chi connectivity index (χ2n) is 4.67. The largest absolute Gasteiger partial charge is 0.504 e. The first-order valence-electron chi connectivity index (χ1n) is 7.14. The summed E-state index contributed by atoms with van der Waals surface area (Å²) in [6.07, 6.45) is -0.0234. The average Bonchev–Trinajstić information content (AvgIpc) is 2.58. The Hall–Kier alpha value is -2.86. The third kappa shape index (κ3) is 4.31. The van der Waals surface area contributed by atoms with E-state index in [0.717, 1.165) is 0 Å². The van der Waals surface area contributed by atoms with Gasteiger partial charge in [0.25, 0.3) is 5.91 Å². The van der Waals surface area contributed by atoms with Gasteiger partial charge in [-0.2, -0.15) is 5.10 Å². The van der Waals surface area contributed by atoms with Gasteiger partial charge in [0.1, 0.15) is 0 Å². The molecule has 0 radical (unpaired) electrons. The van der Waals surface area contributed by atoms with Gasteiger partial charge in [0.05, 0.1) is 12.8 Å². The molecule has 2 aromatic carbocycles. The van der Waals surface area contributed by atoms with Gasteiger partial charge in [-0.25, -0.2) is 5.43 Å². The van der Waals surface area contributed by atoms with Crippen LogP contribution in [-0.4, -0.2) is 28.9 Å². The average molecular weight is 314 g/mol. The van der Waals surface area contributed by atoms with Crippen molar-refractivity contribution in [2.24, 2.45) is 5.10 Å². The molecule has 120 valence electrons. The zero-order valence-electron chi connectivity index (χ0n) is 12.6. The molecule has 0 heterocycles. The lowest BCUT2D eigenvalue weighted by molar-refractivity contribution is -0.129. The fraction of sp³-hybridized carbons (Fsp3) is 0.176. The molecule has 1 amide bonds. The van der Waals surface area contributed by atoms with Crippen LogP contribution in [0, 0.1) is 0 Å². The van der Waals surface area contributed by atoms with Crippen LogP contribution in [-0.2, 0) is 4.79 Å². The Morgan fingerprint density at radius 3 is 2.70 bits per heavy atom. The lowest BCUT2D eigenvalue weighted by atomic mass is 10.1. The number of aliphatic hydroxyl groups is 1. The molecule has 1 atom stereocenters. The van der Waals surface area contributed by atoms with Crippen LogP contribution in [0.15, 0.2) is 53.6 Å². The summed E-state index contributed by atoms with van der Waals surface area (Å²) in [6, 6.07) is 13.5. The minimum absolute atomic E-state index is 0.0593. The Bertz CT molecular complexity index is 686. The highest BCUT2D eigenvalue weighted by molar-refractivity contribution is 5.87. The van der Waals surface area contributed by atoms with Crippen molar-refractivity contribution in [2.75, 3.05) is 6.61 Å². The maximum atomic E-state index is 11.8. The predicted molar refractivity (Wildman–Crippen MR) is 86.4 cm³/mol. The highest BCUT2D eigenvalue weighted by atomic mass is 16.5. The summed E-state index contributed by atoms with van der Waals surface area (Å²) in [5, 5.41) is 23.6. The van der Waals surface area contributed by atoms with Crippen LogP contribution in [0.1, 0.15) is 24.2 Å². The van der Waals surface area contributed by atoms with Crippen LogP contribution in [0.3, 0.4) is 0 Å². The zero-order chi connectivity index (χ0) is 16.7. The molecule has 0 spiro atoms. The molecule has 0 fully saturated rings. The molecule has 0 aromatic heterocycles. The highest BCUT2D eigenvalue weighted by Crippen LogP contribution is 2.28. The number of rotatable bonds is 6. The smallest absolute Gasteiger partial charge is 0.273 e. The molecule has 0 aliphatic carbocycles. The van der Waals surface area contributed by atoms with Crippen molar-refractivity contribution >= 4 is 12.1 Å². The van der Waals surface area contributed by atoms with E-state index in [1.165, 1.54) is 6.21 Å². The summed E-state index contributed by atoms with van der Waals surface area (Å²) in [5.74, 6) is -0.379. The Balaban J connectivity index is 2.02. The number of amides is 1. The quantitative estimate of drug-likeness (QED) is 0.561. The van der Waals surface area contributed by atoms with Gasteiger partial charge in [-0.05, 0) is 24.6 Å². The first-order valence-corrected chi connectivity index (χ1v) is 7.14. The van der Waals surface area contributed by atoms with Crippen molar-refractivity contribution in [2.45, 2.75) is 13.0 Å². The van der Waals surface area contributed by atoms with Gasteiger partial charge in [-0.3, -0.25) is 4.79 Å². The molecule has 2 rings (SSSR count). The van der Waals surface area contributed by atoms with Crippen LogP contribution < -0.4 is 10.2 Å². The maximum absolute atomic E-state index is 11.8. The lowest BCUT2D eigenvalue weighted by Gasteiger charge is -2.09. The molecule has 2 aromatic rings. The van der Waals surface area contributed by atoms with E-state index in [-0.39, 0.29) is 5.75 Å². The van der Waals surface area contributed by atoms with E-state index in [4.69, 9.17) is 4.74 Å². The summed E-state index contributed by atoms with van der Waals surface area (Å²) in [6.45, 7) is 2.24. The number of carbonyl (C=O) groups excluding carboxylic acids is 1. The van der Waals surface area contributed by atoms with Gasteiger partial charge >= 0.3 is 0 Å². The number of benzene rings is 2. The summed E-state index contributed by atoms with van der Waals surface area (Å²) in [4.78, 5) is 11.8. The number of nitrogens with zero attached hydrogens (tertiary/aromatic N) is 1. The first-order chi connectivity index (χ1) is 11.1. The van der Waals surface area contributed by atoms with Crippen LogP contribution in [0.4, 0.5) is 0 Å². The third-order valence-electron chi connectivity index (χ3n) is 3.07. The molecular formula is C17H18N2O4. The number of aromatic hydroxyl groups is 1. The lowest BCUT2D eigenvalue weighted by Crippen LogP contribution is -2.25. The predicted octanol–water partition coefficient (Wildman–Crippen LogP) is 1.97. The number of carbonyl (C=O) groups is 1. The van der Waals surface area contributed by atoms with Gasteiger partial charge in [0.15, 0.2) is 17.6 Å². The molecule has 0 unspecified atom stereocenters. The molecule has 6 heteroatoms. The number of phenols is 1. The number of hydrazone groups is 1. The number of phenolic OH excluding ortho intramolecular Hbond substituents is 1. The van der Waals surface area contributed by atoms with E-state index >= 15 is 0 Å². The fourth-order valence-corrected chi connectivity index (χ4v) is 1.93. The first kappa shape index (κ1) is 16.5. The number of ether oxygens (including phenoxy) is 1.